The summed E-state index contributed by atoms with van der Waals surface area (Å²) >= 11 is 3.43. The lowest BCUT2D eigenvalue weighted by Crippen LogP contribution is -2.38. The van der Waals surface area contributed by atoms with Crippen LogP contribution in [0.15, 0.2) is 63.9 Å². The standard InChI is InChI=1S/C20H19BrN2O2/c1-13(2)23(20(25)16-8-4-5-9-17(16)21)12-15-11-14-7-3-6-10-18(14)22-19(15)24/h3-11,13H,12H2,1-2H3,(H,22,24). The van der Waals surface area contributed by atoms with Gasteiger partial charge in [-0.25, -0.2) is 0 Å². The molecule has 25 heavy (non-hydrogen) atoms. The van der Waals surface area contributed by atoms with Crippen LogP contribution in [0.2, 0.25) is 0 Å². The number of hydrogen-bond donors (Lipinski definition) is 1. The molecule has 0 aliphatic heterocycles. The molecule has 0 saturated heterocycles. The van der Waals surface area contributed by atoms with Gasteiger partial charge in [-0.3, -0.25) is 9.59 Å². The highest BCUT2D eigenvalue weighted by molar-refractivity contribution is 9.10. The van der Waals surface area contributed by atoms with Crippen molar-refractivity contribution in [2.75, 3.05) is 0 Å². The van der Waals surface area contributed by atoms with E-state index in [4.69, 9.17) is 0 Å². The number of hydrogen-bond acceptors (Lipinski definition) is 2. The monoisotopic (exact) mass is 398 g/mol. The van der Waals surface area contributed by atoms with Crippen LogP contribution in [0, 0.1) is 0 Å². The fourth-order valence-electron chi connectivity index (χ4n) is 2.77. The van der Waals surface area contributed by atoms with Gasteiger partial charge in [-0.1, -0.05) is 30.3 Å². The van der Waals surface area contributed by atoms with Crippen LogP contribution >= 0.6 is 15.9 Å². The van der Waals surface area contributed by atoms with E-state index >= 15 is 0 Å². The van der Waals surface area contributed by atoms with Crippen molar-refractivity contribution in [3.8, 4) is 0 Å². The molecule has 0 aliphatic rings. The number of fused-ring (bicyclic) bond motifs is 1. The first-order valence-corrected chi connectivity index (χ1v) is 8.93. The molecule has 2 aromatic carbocycles. The number of para-hydroxylation sites is 1. The summed E-state index contributed by atoms with van der Waals surface area (Å²) in [4.78, 5) is 30.0. The summed E-state index contributed by atoms with van der Waals surface area (Å²) in [5.74, 6) is -0.102. The second kappa shape index (κ2) is 7.23. The Labute approximate surface area is 154 Å². The van der Waals surface area contributed by atoms with Gasteiger partial charge in [0.05, 0.1) is 12.1 Å². The summed E-state index contributed by atoms with van der Waals surface area (Å²) in [7, 11) is 0. The molecule has 5 heteroatoms. The normalized spacial score (nSPS) is 11.0. The number of pyridine rings is 1. The van der Waals surface area contributed by atoms with Gasteiger partial charge >= 0.3 is 0 Å². The zero-order valence-electron chi connectivity index (χ0n) is 14.1. The second-order valence-corrected chi connectivity index (χ2v) is 7.07. The van der Waals surface area contributed by atoms with Crippen molar-refractivity contribution in [2.45, 2.75) is 26.4 Å². The van der Waals surface area contributed by atoms with Crippen LogP contribution < -0.4 is 5.56 Å². The van der Waals surface area contributed by atoms with Crippen molar-refractivity contribution in [3.05, 3.63) is 80.6 Å². The highest BCUT2D eigenvalue weighted by atomic mass is 79.9. The summed E-state index contributed by atoms with van der Waals surface area (Å²) < 4.78 is 0.748. The number of aromatic nitrogens is 1. The first-order valence-electron chi connectivity index (χ1n) is 8.14. The van der Waals surface area contributed by atoms with Gasteiger partial charge in [-0.05, 0) is 59.4 Å². The van der Waals surface area contributed by atoms with Crippen LogP contribution in [0.3, 0.4) is 0 Å². The van der Waals surface area contributed by atoms with Crippen LogP contribution in [0.1, 0.15) is 29.8 Å². The molecule has 0 aliphatic carbocycles. The Morgan fingerprint density at radius 1 is 1.12 bits per heavy atom. The summed E-state index contributed by atoms with van der Waals surface area (Å²) in [6.45, 7) is 4.16. The van der Waals surface area contributed by atoms with Crippen LogP contribution in [-0.4, -0.2) is 21.8 Å². The van der Waals surface area contributed by atoms with Gasteiger partial charge in [-0.15, -0.1) is 0 Å². The van der Waals surface area contributed by atoms with Crippen molar-refractivity contribution in [2.24, 2.45) is 0 Å². The van der Waals surface area contributed by atoms with Crippen molar-refractivity contribution < 1.29 is 4.79 Å². The van der Waals surface area contributed by atoms with Crippen molar-refractivity contribution in [1.82, 2.24) is 9.88 Å². The van der Waals surface area contributed by atoms with E-state index in [2.05, 4.69) is 20.9 Å². The fourth-order valence-corrected chi connectivity index (χ4v) is 3.23. The molecule has 0 saturated carbocycles. The van der Waals surface area contributed by atoms with Crippen LogP contribution in [0.5, 0.6) is 0 Å². The molecule has 1 aromatic heterocycles. The molecule has 3 rings (SSSR count). The van der Waals surface area contributed by atoms with Gasteiger partial charge in [0.2, 0.25) is 0 Å². The number of halogens is 1. The molecule has 128 valence electrons. The van der Waals surface area contributed by atoms with Crippen LogP contribution in [-0.2, 0) is 6.54 Å². The minimum Gasteiger partial charge on any atom is -0.332 e. The number of benzene rings is 2. The molecule has 0 unspecified atom stereocenters. The molecule has 4 nitrogen and oxygen atoms in total. The number of carbonyl (C=O) groups excluding carboxylic acids is 1. The van der Waals surface area contributed by atoms with Gasteiger partial charge in [0, 0.05) is 21.6 Å². The molecule has 0 fully saturated rings. The van der Waals surface area contributed by atoms with E-state index < -0.39 is 0 Å². The first-order chi connectivity index (χ1) is 12.0. The Morgan fingerprint density at radius 3 is 2.52 bits per heavy atom. The van der Waals surface area contributed by atoms with Gasteiger partial charge in [0.1, 0.15) is 0 Å². The fraction of sp³-hybridized carbons (Fsp3) is 0.200. The zero-order valence-corrected chi connectivity index (χ0v) is 15.7. The van der Waals surface area contributed by atoms with Gasteiger partial charge in [0.25, 0.3) is 11.5 Å². The molecule has 1 N–H and O–H groups in total. The number of nitrogens with zero attached hydrogens (tertiary/aromatic N) is 1. The summed E-state index contributed by atoms with van der Waals surface area (Å²) in [6.07, 6.45) is 0. The molecular weight excluding hydrogens is 380 g/mol. The Kier molecular flexibility index (Phi) is 5.04. The quantitative estimate of drug-likeness (QED) is 0.710. The third kappa shape index (κ3) is 3.66. The Hall–Kier alpha value is -2.40. The van der Waals surface area contributed by atoms with Gasteiger partial charge < -0.3 is 9.88 Å². The lowest BCUT2D eigenvalue weighted by atomic mass is 10.1. The van der Waals surface area contributed by atoms with Crippen molar-refractivity contribution in [3.63, 3.8) is 0 Å². The Morgan fingerprint density at radius 2 is 1.80 bits per heavy atom. The molecule has 0 spiro atoms. The molecule has 0 bridgehead atoms. The highest BCUT2D eigenvalue weighted by Crippen LogP contribution is 2.20. The third-order valence-corrected chi connectivity index (χ3v) is 4.85. The summed E-state index contributed by atoms with van der Waals surface area (Å²) in [5, 5.41) is 0.953. The number of H-pyrrole nitrogens is 1. The second-order valence-electron chi connectivity index (χ2n) is 6.22. The molecule has 0 atom stereocenters. The topological polar surface area (TPSA) is 53.2 Å². The average molecular weight is 399 g/mol. The van der Waals surface area contributed by atoms with E-state index in [1.807, 2.05) is 62.4 Å². The molecule has 1 heterocycles. The lowest BCUT2D eigenvalue weighted by Gasteiger charge is -2.27. The SMILES string of the molecule is CC(C)N(Cc1cc2ccccc2[nH]c1=O)C(=O)c1ccccc1Br. The molecule has 3 aromatic rings. The van der Waals surface area contributed by atoms with E-state index in [1.54, 1.807) is 11.0 Å². The largest absolute Gasteiger partial charge is 0.332 e. The lowest BCUT2D eigenvalue weighted by molar-refractivity contribution is 0.0689. The number of rotatable bonds is 4. The third-order valence-electron chi connectivity index (χ3n) is 4.16. The predicted octanol–water partition coefficient (Wildman–Crippen LogP) is 4.34. The first kappa shape index (κ1) is 17.4. The predicted molar refractivity (Wildman–Crippen MR) is 104 cm³/mol. The molecule has 1 amide bonds. The zero-order chi connectivity index (χ0) is 18.0. The Balaban J connectivity index is 1.98. The maximum atomic E-state index is 13.0. The maximum Gasteiger partial charge on any atom is 0.255 e. The van der Waals surface area contributed by atoms with Crippen LogP contribution in [0.4, 0.5) is 0 Å². The highest BCUT2D eigenvalue weighted by Gasteiger charge is 2.22. The minimum atomic E-state index is -0.163. The smallest absolute Gasteiger partial charge is 0.255 e. The minimum absolute atomic E-state index is 0.0366. The van der Waals surface area contributed by atoms with Crippen molar-refractivity contribution >= 4 is 32.7 Å². The number of aromatic amines is 1. The molecular formula is C20H19BrN2O2. The van der Waals surface area contributed by atoms with E-state index in [-0.39, 0.29) is 24.1 Å². The van der Waals surface area contributed by atoms with E-state index in [0.717, 1.165) is 15.4 Å². The molecule has 0 radical (unpaired) electrons. The van der Waals surface area contributed by atoms with Crippen molar-refractivity contribution in [1.29, 1.82) is 0 Å². The summed E-state index contributed by atoms with van der Waals surface area (Å²) in [5.41, 5.74) is 1.80. The van der Waals surface area contributed by atoms with Gasteiger partial charge in [-0.2, -0.15) is 0 Å². The Bertz CT molecular complexity index is 979. The maximum absolute atomic E-state index is 13.0. The number of amides is 1. The van der Waals surface area contributed by atoms with E-state index in [1.165, 1.54) is 0 Å². The van der Waals surface area contributed by atoms with Gasteiger partial charge in [0.15, 0.2) is 0 Å². The van der Waals surface area contributed by atoms with E-state index in [9.17, 15) is 9.59 Å². The van der Waals surface area contributed by atoms with Crippen LogP contribution in [0.25, 0.3) is 10.9 Å². The number of carbonyl (C=O) groups is 1. The summed E-state index contributed by atoms with van der Waals surface area (Å²) in [6, 6.07) is 16.8. The number of nitrogens with one attached hydrogen (secondary N) is 1. The average Bonchev–Trinajstić information content (AvgIpc) is 2.59. The van der Waals surface area contributed by atoms with E-state index in [0.29, 0.717) is 11.1 Å².